The second kappa shape index (κ2) is 10.1. The Bertz CT molecular complexity index is 637. The number of hydrogen-bond acceptors (Lipinski definition) is 4. The summed E-state index contributed by atoms with van der Waals surface area (Å²) in [5.74, 6) is -1.86. The lowest BCUT2D eigenvalue weighted by Gasteiger charge is -2.16. The van der Waals surface area contributed by atoms with Crippen LogP contribution in [0, 0.1) is 5.92 Å². The summed E-state index contributed by atoms with van der Waals surface area (Å²) in [5.41, 5.74) is 0. The van der Waals surface area contributed by atoms with Gasteiger partial charge in [-0.2, -0.15) is 0 Å². The van der Waals surface area contributed by atoms with Crippen molar-refractivity contribution in [3.63, 3.8) is 0 Å². The zero-order chi connectivity index (χ0) is 19.0. The SMILES string of the molecule is CC(C)C[C@H](NC(=O)CNC(=O)COc1ccc(Cl)cc1Cl)C(=O)O. The largest absolute Gasteiger partial charge is 0.482 e. The third-order valence-corrected chi connectivity index (χ3v) is 3.57. The summed E-state index contributed by atoms with van der Waals surface area (Å²) in [7, 11) is 0. The molecule has 3 N–H and O–H groups in total. The first-order valence-electron chi connectivity index (χ1n) is 7.55. The summed E-state index contributed by atoms with van der Waals surface area (Å²) in [6, 6.07) is 3.57. The highest BCUT2D eigenvalue weighted by Gasteiger charge is 2.21. The van der Waals surface area contributed by atoms with Crippen LogP contribution in [0.3, 0.4) is 0 Å². The molecule has 2 amide bonds. The molecule has 0 aliphatic rings. The van der Waals surface area contributed by atoms with Crippen molar-refractivity contribution < 1.29 is 24.2 Å². The van der Waals surface area contributed by atoms with Gasteiger partial charge in [0.1, 0.15) is 11.8 Å². The zero-order valence-corrected chi connectivity index (χ0v) is 15.4. The van der Waals surface area contributed by atoms with Crippen LogP contribution in [0.4, 0.5) is 0 Å². The van der Waals surface area contributed by atoms with Crippen LogP contribution < -0.4 is 15.4 Å². The number of hydrogen-bond donors (Lipinski definition) is 3. The number of carboxylic acids is 1. The van der Waals surface area contributed by atoms with Gasteiger partial charge < -0.3 is 20.5 Å². The van der Waals surface area contributed by atoms with Crippen molar-refractivity contribution in [2.24, 2.45) is 5.92 Å². The molecule has 0 fully saturated rings. The van der Waals surface area contributed by atoms with Gasteiger partial charge in [0.15, 0.2) is 6.61 Å². The first kappa shape index (κ1) is 21.1. The highest BCUT2D eigenvalue weighted by atomic mass is 35.5. The van der Waals surface area contributed by atoms with Gasteiger partial charge in [-0.15, -0.1) is 0 Å². The fourth-order valence-corrected chi connectivity index (χ4v) is 2.37. The molecular weight excluding hydrogens is 371 g/mol. The van der Waals surface area contributed by atoms with E-state index in [-0.39, 0.29) is 29.8 Å². The molecule has 0 aliphatic carbocycles. The molecule has 0 bridgehead atoms. The third kappa shape index (κ3) is 8.09. The van der Waals surface area contributed by atoms with Crippen LogP contribution in [0.1, 0.15) is 20.3 Å². The first-order valence-corrected chi connectivity index (χ1v) is 8.31. The van der Waals surface area contributed by atoms with Crippen molar-refractivity contribution in [2.45, 2.75) is 26.3 Å². The van der Waals surface area contributed by atoms with Crippen molar-refractivity contribution >= 4 is 41.0 Å². The van der Waals surface area contributed by atoms with E-state index in [0.717, 1.165) is 0 Å². The summed E-state index contributed by atoms with van der Waals surface area (Å²) >= 11 is 11.7. The van der Waals surface area contributed by atoms with E-state index in [1.807, 2.05) is 13.8 Å². The van der Waals surface area contributed by atoms with Gasteiger partial charge in [0.05, 0.1) is 11.6 Å². The maximum absolute atomic E-state index is 11.7. The smallest absolute Gasteiger partial charge is 0.326 e. The van der Waals surface area contributed by atoms with Crippen molar-refractivity contribution in [3.8, 4) is 5.75 Å². The highest BCUT2D eigenvalue weighted by molar-refractivity contribution is 6.35. The maximum atomic E-state index is 11.7. The molecule has 25 heavy (non-hydrogen) atoms. The summed E-state index contributed by atoms with van der Waals surface area (Å²) in [4.78, 5) is 34.5. The van der Waals surface area contributed by atoms with E-state index in [2.05, 4.69) is 10.6 Å². The number of halogens is 2. The van der Waals surface area contributed by atoms with Gasteiger partial charge in [0.2, 0.25) is 5.91 Å². The Morgan fingerprint density at radius 2 is 1.88 bits per heavy atom. The molecule has 1 rings (SSSR count). The summed E-state index contributed by atoms with van der Waals surface area (Å²) < 4.78 is 5.23. The molecule has 1 aromatic rings. The molecule has 0 saturated heterocycles. The van der Waals surface area contributed by atoms with Crippen LogP contribution in [-0.4, -0.2) is 42.1 Å². The number of benzene rings is 1. The zero-order valence-electron chi connectivity index (χ0n) is 13.8. The Kier molecular flexibility index (Phi) is 8.51. The Balaban J connectivity index is 2.39. The van der Waals surface area contributed by atoms with Crippen LogP contribution in [0.25, 0.3) is 0 Å². The van der Waals surface area contributed by atoms with Crippen LogP contribution in [0.5, 0.6) is 5.75 Å². The Hall–Kier alpha value is -1.99. The first-order chi connectivity index (χ1) is 11.7. The van der Waals surface area contributed by atoms with E-state index >= 15 is 0 Å². The van der Waals surface area contributed by atoms with E-state index in [1.165, 1.54) is 12.1 Å². The molecule has 1 atom stereocenters. The summed E-state index contributed by atoms with van der Waals surface area (Å²) in [6.07, 6.45) is 0.299. The van der Waals surface area contributed by atoms with Crippen molar-refractivity contribution in [1.29, 1.82) is 0 Å². The Morgan fingerprint density at radius 1 is 1.20 bits per heavy atom. The predicted molar refractivity (Wildman–Crippen MR) is 94.0 cm³/mol. The molecule has 0 radical (unpaired) electrons. The molecule has 7 nitrogen and oxygen atoms in total. The standard InChI is InChI=1S/C16H20Cl2N2O5/c1-9(2)5-12(16(23)24)20-14(21)7-19-15(22)8-25-13-4-3-10(17)6-11(13)18/h3-4,6,9,12H,5,7-8H2,1-2H3,(H,19,22)(H,20,21)(H,23,24)/t12-/m0/s1. The monoisotopic (exact) mass is 390 g/mol. The lowest BCUT2D eigenvalue weighted by Crippen LogP contribution is -2.46. The fourth-order valence-electron chi connectivity index (χ4n) is 1.90. The fraction of sp³-hybridized carbons (Fsp3) is 0.438. The number of ether oxygens (including phenoxy) is 1. The minimum atomic E-state index is -1.12. The molecule has 1 aromatic carbocycles. The van der Waals surface area contributed by atoms with Gasteiger partial charge in [-0.25, -0.2) is 4.79 Å². The van der Waals surface area contributed by atoms with Gasteiger partial charge in [0.25, 0.3) is 5.91 Å². The number of nitrogens with one attached hydrogen (secondary N) is 2. The van der Waals surface area contributed by atoms with E-state index in [0.29, 0.717) is 11.4 Å². The molecule has 138 valence electrons. The van der Waals surface area contributed by atoms with Gasteiger partial charge in [-0.05, 0) is 30.5 Å². The number of carbonyl (C=O) groups is 3. The Labute approximate surface area is 155 Å². The molecule has 0 saturated carbocycles. The third-order valence-electron chi connectivity index (χ3n) is 3.04. The quantitative estimate of drug-likeness (QED) is 0.598. The number of carboxylic acid groups (broad SMARTS) is 1. The van der Waals surface area contributed by atoms with E-state index in [1.54, 1.807) is 6.07 Å². The van der Waals surface area contributed by atoms with Gasteiger partial charge >= 0.3 is 5.97 Å². The average Bonchev–Trinajstić information content (AvgIpc) is 2.51. The molecule has 0 spiro atoms. The van der Waals surface area contributed by atoms with Gasteiger partial charge in [0, 0.05) is 5.02 Å². The van der Waals surface area contributed by atoms with Crippen LogP contribution in [0.15, 0.2) is 18.2 Å². The van der Waals surface area contributed by atoms with Crippen LogP contribution in [0.2, 0.25) is 10.0 Å². The molecule has 0 unspecified atom stereocenters. The van der Waals surface area contributed by atoms with Crippen LogP contribution in [-0.2, 0) is 14.4 Å². The van der Waals surface area contributed by atoms with Gasteiger partial charge in [-0.3, -0.25) is 9.59 Å². The topological polar surface area (TPSA) is 105 Å². The van der Waals surface area contributed by atoms with Crippen molar-refractivity contribution in [1.82, 2.24) is 10.6 Å². The summed E-state index contributed by atoms with van der Waals surface area (Å²) in [5, 5.41) is 14.5. The summed E-state index contributed by atoms with van der Waals surface area (Å²) in [6.45, 7) is 3.01. The Morgan fingerprint density at radius 3 is 2.44 bits per heavy atom. The van der Waals surface area contributed by atoms with E-state index in [4.69, 9.17) is 33.0 Å². The lowest BCUT2D eigenvalue weighted by molar-refractivity contribution is -0.142. The van der Waals surface area contributed by atoms with E-state index in [9.17, 15) is 14.4 Å². The highest BCUT2D eigenvalue weighted by Crippen LogP contribution is 2.27. The minimum absolute atomic E-state index is 0.105. The molecule has 0 heterocycles. The van der Waals surface area contributed by atoms with E-state index < -0.39 is 23.8 Å². The van der Waals surface area contributed by atoms with Crippen molar-refractivity contribution in [2.75, 3.05) is 13.2 Å². The number of amides is 2. The van der Waals surface area contributed by atoms with Gasteiger partial charge in [-0.1, -0.05) is 37.0 Å². The van der Waals surface area contributed by atoms with Crippen LogP contribution >= 0.6 is 23.2 Å². The van der Waals surface area contributed by atoms with Crippen molar-refractivity contribution in [3.05, 3.63) is 28.2 Å². The minimum Gasteiger partial charge on any atom is -0.482 e. The molecule has 9 heteroatoms. The molecular formula is C16H20Cl2N2O5. The lowest BCUT2D eigenvalue weighted by atomic mass is 10.0. The second-order valence-electron chi connectivity index (χ2n) is 5.73. The second-order valence-corrected chi connectivity index (χ2v) is 6.57. The predicted octanol–water partition coefficient (Wildman–Crippen LogP) is 2.10. The number of carbonyl (C=O) groups excluding carboxylic acids is 2. The number of aliphatic carboxylic acids is 1. The maximum Gasteiger partial charge on any atom is 0.326 e. The normalized spacial score (nSPS) is 11.7. The molecule has 0 aromatic heterocycles. The number of rotatable bonds is 9. The molecule has 0 aliphatic heterocycles. The average molecular weight is 391 g/mol.